The molecule has 2 nitrogen and oxygen atoms in total. The van der Waals surface area contributed by atoms with Crippen molar-refractivity contribution < 1.29 is 0 Å². The molecule has 0 saturated carbocycles. The summed E-state index contributed by atoms with van der Waals surface area (Å²) in [6, 6.07) is 8.77. The summed E-state index contributed by atoms with van der Waals surface area (Å²) in [5.41, 5.74) is 2.89. The molecule has 0 aliphatic carbocycles. The predicted molar refractivity (Wildman–Crippen MR) is 55.2 cm³/mol. The molecule has 0 unspecified atom stereocenters. The zero-order valence-corrected chi connectivity index (χ0v) is 8.14. The summed E-state index contributed by atoms with van der Waals surface area (Å²) in [6.45, 7) is 4.38. The molecule has 0 aliphatic heterocycles. The van der Waals surface area contributed by atoms with Crippen LogP contribution in [0.15, 0.2) is 24.3 Å². The molecule has 6 N–H and O–H groups in total. The van der Waals surface area contributed by atoms with Crippen LogP contribution in [-0.2, 0) is 12.8 Å². The van der Waals surface area contributed by atoms with Crippen LogP contribution in [0.25, 0.3) is 0 Å². The average Bonchev–Trinajstić information content (AvgIpc) is 2.05. The first kappa shape index (κ1) is 13.7. The van der Waals surface area contributed by atoms with Crippen molar-refractivity contribution in [3.63, 3.8) is 0 Å². The SMILES string of the molecule is CCc1cccc(CC)c1.N.N. The molecule has 1 aromatic rings. The molecule has 12 heavy (non-hydrogen) atoms. The second-order valence-corrected chi connectivity index (χ2v) is 2.53. The minimum atomic E-state index is 0. The molecule has 70 valence electrons. The van der Waals surface area contributed by atoms with E-state index < -0.39 is 0 Å². The van der Waals surface area contributed by atoms with Gasteiger partial charge in [-0.1, -0.05) is 38.1 Å². The Balaban J connectivity index is 0. The Labute approximate surface area is 75.2 Å². The summed E-state index contributed by atoms with van der Waals surface area (Å²) < 4.78 is 0. The van der Waals surface area contributed by atoms with Gasteiger partial charge in [0, 0.05) is 0 Å². The van der Waals surface area contributed by atoms with Crippen molar-refractivity contribution in [3.05, 3.63) is 35.4 Å². The van der Waals surface area contributed by atoms with Crippen molar-refractivity contribution in [2.24, 2.45) is 0 Å². The Morgan fingerprint density at radius 2 is 1.33 bits per heavy atom. The third-order valence-electron chi connectivity index (χ3n) is 1.81. The number of aryl methyl sites for hydroxylation is 2. The fraction of sp³-hybridized carbons (Fsp3) is 0.400. The fourth-order valence-electron chi connectivity index (χ4n) is 1.07. The van der Waals surface area contributed by atoms with Crippen LogP contribution in [-0.4, -0.2) is 0 Å². The minimum absolute atomic E-state index is 0. The maximum atomic E-state index is 2.28. The van der Waals surface area contributed by atoms with Crippen molar-refractivity contribution in [1.29, 1.82) is 0 Å². The van der Waals surface area contributed by atoms with Gasteiger partial charge in [0.15, 0.2) is 0 Å². The molecule has 0 atom stereocenters. The van der Waals surface area contributed by atoms with E-state index in [9.17, 15) is 0 Å². The Kier molecular flexibility index (Phi) is 7.80. The van der Waals surface area contributed by atoms with E-state index in [1.54, 1.807) is 0 Å². The van der Waals surface area contributed by atoms with Crippen LogP contribution in [0, 0.1) is 0 Å². The van der Waals surface area contributed by atoms with Gasteiger partial charge in [-0.3, -0.25) is 0 Å². The van der Waals surface area contributed by atoms with E-state index in [0.29, 0.717) is 0 Å². The monoisotopic (exact) mass is 168 g/mol. The summed E-state index contributed by atoms with van der Waals surface area (Å²) in [6.07, 6.45) is 2.29. The largest absolute Gasteiger partial charge is 0.344 e. The van der Waals surface area contributed by atoms with Gasteiger partial charge in [0.1, 0.15) is 0 Å². The van der Waals surface area contributed by atoms with Crippen LogP contribution in [0.2, 0.25) is 0 Å². The van der Waals surface area contributed by atoms with Crippen LogP contribution in [0.5, 0.6) is 0 Å². The van der Waals surface area contributed by atoms with Crippen molar-refractivity contribution in [2.75, 3.05) is 0 Å². The van der Waals surface area contributed by atoms with E-state index in [0.717, 1.165) is 12.8 Å². The molecule has 1 aromatic carbocycles. The van der Waals surface area contributed by atoms with E-state index in [4.69, 9.17) is 0 Å². The highest BCUT2D eigenvalue weighted by Gasteiger charge is 1.89. The molecule has 0 aliphatic rings. The number of benzene rings is 1. The van der Waals surface area contributed by atoms with Crippen molar-refractivity contribution in [2.45, 2.75) is 26.7 Å². The Bertz CT molecular complexity index is 189. The summed E-state index contributed by atoms with van der Waals surface area (Å²) in [7, 11) is 0. The minimum Gasteiger partial charge on any atom is -0.344 e. The fourth-order valence-corrected chi connectivity index (χ4v) is 1.07. The molecular weight excluding hydrogens is 148 g/mol. The summed E-state index contributed by atoms with van der Waals surface area (Å²) in [4.78, 5) is 0. The average molecular weight is 168 g/mol. The topological polar surface area (TPSA) is 70.0 Å². The van der Waals surface area contributed by atoms with Gasteiger partial charge in [-0.25, -0.2) is 0 Å². The molecule has 0 saturated heterocycles. The standard InChI is InChI=1S/C10H14.2H3N/c1-3-9-6-5-7-10(4-2)8-9;;/h5-8H,3-4H2,1-2H3;2*1H3. The van der Waals surface area contributed by atoms with E-state index in [1.165, 1.54) is 11.1 Å². The van der Waals surface area contributed by atoms with Crippen molar-refractivity contribution >= 4 is 0 Å². The summed E-state index contributed by atoms with van der Waals surface area (Å²) in [5, 5.41) is 0. The second-order valence-electron chi connectivity index (χ2n) is 2.53. The Morgan fingerprint density at radius 3 is 1.67 bits per heavy atom. The van der Waals surface area contributed by atoms with Crippen LogP contribution in [0.3, 0.4) is 0 Å². The highest BCUT2D eigenvalue weighted by Crippen LogP contribution is 2.05. The van der Waals surface area contributed by atoms with Gasteiger partial charge in [-0.2, -0.15) is 0 Å². The predicted octanol–water partition coefficient (Wildman–Crippen LogP) is 3.14. The number of hydrogen-bond acceptors (Lipinski definition) is 2. The Hall–Kier alpha value is -0.860. The van der Waals surface area contributed by atoms with Gasteiger partial charge >= 0.3 is 0 Å². The van der Waals surface area contributed by atoms with Gasteiger partial charge in [-0.15, -0.1) is 0 Å². The second kappa shape index (κ2) is 6.83. The highest BCUT2D eigenvalue weighted by molar-refractivity contribution is 5.23. The van der Waals surface area contributed by atoms with E-state index in [1.807, 2.05) is 0 Å². The van der Waals surface area contributed by atoms with Gasteiger partial charge in [-0.05, 0) is 24.0 Å². The molecule has 0 fully saturated rings. The molecule has 2 heteroatoms. The zero-order chi connectivity index (χ0) is 7.40. The van der Waals surface area contributed by atoms with Gasteiger partial charge in [0.2, 0.25) is 0 Å². The molecular formula is C10H20N2. The van der Waals surface area contributed by atoms with Crippen LogP contribution >= 0.6 is 0 Å². The quantitative estimate of drug-likeness (QED) is 0.712. The van der Waals surface area contributed by atoms with E-state index >= 15 is 0 Å². The third kappa shape index (κ3) is 3.51. The number of rotatable bonds is 2. The van der Waals surface area contributed by atoms with Crippen molar-refractivity contribution in [3.8, 4) is 0 Å². The Morgan fingerprint density at radius 1 is 0.917 bits per heavy atom. The van der Waals surface area contributed by atoms with Gasteiger partial charge in [0.05, 0.1) is 0 Å². The van der Waals surface area contributed by atoms with Gasteiger partial charge < -0.3 is 12.3 Å². The molecule has 0 bridgehead atoms. The smallest absolute Gasteiger partial charge is 0.0307 e. The first-order chi connectivity index (χ1) is 4.86. The lowest BCUT2D eigenvalue weighted by molar-refractivity contribution is 1.09. The summed E-state index contributed by atoms with van der Waals surface area (Å²) in [5.74, 6) is 0. The maximum absolute atomic E-state index is 2.28. The molecule has 0 spiro atoms. The maximum Gasteiger partial charge on any atom is -0.0307 e. The highest BCUT2D eigenvalue weighted by atomic mass is 14.0. The number of hydrogen-bond donors (Lipinski definition) is 2. The zero-order valence-electron chi connectivity index (χ0n) is 8.14. The lowest BCUT2D eigenvalue weighted by Gasteiger charge is -1.98. The third-order valence-corrected chi connectivity index (χ3v) is 1.81. The molecule has 0 radical (unpaired) electrons. The molecule has 0 heterocycles. The lowest BCUT2D eigenvalue weighted by Crippen LogP contribution is -1.83. The van der Waals surface area contributed by atoms with Crippen LogP contribution in [0.4, 0.5) is 0 Å². The molecule has 0 aromatic heterocycles. The van der Waals surface area contributed by atoms with Crippen molar-refractivity contribution in [1.82, 2.24) is 12.3 Å². The molecule has 1 rings (SSSR count). The van der Waals surface area contributed by atoms with E-state index in [-0.39, 0.29) is 12.3 Å². The van der Waals surface area contributed by atoms with Gasteiger partial charge in [0.25, 0.3) is 0 Å². The van der Waals surface area contributed by atoms with Crippen LogP contribution in [0.1, 0.15) is 25.0 Å². The first-order valence-electron chi connectivity index (χ1n) is 3.94. The molecule has 0 amide bonds. The van der Waals surface area contributed by atoms with Crippen LogP contribution < -0.4 is 12.3 Å². The normalized spacial score (nSPS) is 8.17. The summed E-state index contributed by atoms with van der Waals surface area (Å²) >= 11 is 0. The lowest BCUT2D eigenvalue weighted by atomic mass is 10.1. The van der Waals surface area contributed by atoms with E-state index in [2.05, 4.69) is 38.1 Å². The first-order valence-corrected chi connectivity index (χ1v) is 3.94.